The number of phenols is 1. The first-order chi connectivity index (χ1) is 19.3. The van der Waals surface area contributed by atoms with E-state index in [9.17, 15) is 23.6 Å². The number of nitrogens with zero attached hydrogens (tertiary/aromatic N) is 2. The molecule has 0 bridgehead atoms. The molecule has 1 amide bonds. The normalized spacial score (nSPS) is 15.9. The van der Waals surface area contributed by atoms with Gasteiger partial charge in [-0.3, -0.25) is 18.9 Å². The van der Waals surface area contributed by atoms with E-state index in [4.69, 9.17) is 4.74 Å². The number of hydrogen-bond acceptors (Lipinski definition) is 8. The molecule has 4 rings (SSSR count). The van der Waals surface area contributed by atoms with Crippen LogP contribution < -0.4 is 15.4 Å². The zero-order valence-electron chi connectivity index (χ0n) is 22.4. The van der Waals surface area contributed by atoms with Gasteiger partial charge in [0.05, 0.1) is 27.0 Å². The minimum atomic E-state index is -1.34. The molecule has 2 atom stereocenters. The number of ether oxygens (including phenoxy) is 1. The molecule has 1 aliphatic heterocycles. The van der Waals surface area contributed by atoms with E-state index in [2.05, 4.69) is 20.5 Å². The van der Waals surface area contributed by atoms with Crippen LogP contribution >= 0.6 is 0 Å². The zero-order valence-corrected chi connectivity index (χ0v) is 23.2. The number of aliphatic hydroxyl groups is 1. The van der Waals surface area contributed by atoms with Gasteiger partial charge in [0.25, 0.3) is 5.91 Å². The molecule has 1 aromatic heterocycles. The Bertz CT molecular complexity index is 1300. The maximum Gasteiger partial charge on any atom is 0.253 e. The fourth-order valence-corrected chi connectivity index (χ4v) is 5.11. The molecular weight excluding hydrogens is 535 g/mol. The SMILES string of the molecule is CS(=O)c1cc(OCC(O)CNC2CCN(Cc3ccc(C(=O)NCc4ccccc4F)cn3)CC2)ccc1O. The Morgan fingerprint density at radius 3 is 2.67 bits per heavy atom. The number of piperidine rings is 1. The standard InChI is InChI=1S/C29H35FN4O5S/c1-40(38)28-14-25(8-9-27(28)36)39-19-24(35)17-32-22-10-12-34(13-11-22)18-23-7-6-21(16-31-23)29(37)33-15-20-4-2-3-5-26(20)30/h2-9,14,16,22,24,32,35-36H,10-13,15,17-19H2,1H3,(H,33,37). The fourth-order valence-electron chi connectivity index (χ4n) is 4.46. The van der Waals surface area contributed by atoms with Gasteiger partial charge in [0.15, 0.2) is 0 Å². The molecule has 40 heavy (non-hydrogen) atoms. The summed E-state index contributed by atoms with van der Waals surface area (Å²) in [6.07, 6.45) is 4.16. The molecule has 0 aliphatic carbocycles. The monoisotopic (exact) mass is 570 g/mol. The molecule has 2 aromatic carbocycles. The molecule has 2 heterocycles. The van der Waals surface area contributed by atoms with E-state index in [1.165, 1.54) is 24.5 Å². The maximum absolute atomic E-state index is 13.7. The quantitative estimate of drug-likeness (QED) is 0.262. The Hall–Kier alpha value is -3.38. The van der Waals surface area contributed by atoms with Gasteiger partial charge in [0.2, 0.25) is 0 Å². The van der Waals surface area contributed by atoms with Crippen molar-refractivity contribution in [3.8, 4) is 11.5 Å². The van der Waals surface area contributed by atoms with Gasteiger partial charge in [0, 0.05) is 56.8 Å². The molecule has 1 aliphatic rings. The highest BCUT2D eigenvalue weighted by Crippen LogP contribution is 2.25. The maximum atomic E-state index is 13.7. The van der Waals surface area contributed by atoms with Gasteiger partial charge in [-0.15, -0.1) is 0 Å². The third kappa shape index (κ3) is 8.56. The molecule has 9 nitrogen and oxygen atoms in total. The number of rotatable bonds is 12. The lowest BCUT2D eigenvalue weighted by molar-refractivity contribution is 0.0950. The molecule has 214 valence electrons. The highest BCUT2D eigenvalue weighted by atomic mass is 32.2. The lowest BCUT2D eigenvalue weighted by Gasteiger charge is -2.32. The summed E-state index contributed by atoms with van der Waals surface area (Å²) < 4.78 is 31.0. The summed E-state index contributed by atoms with van der Waals surface area (Å²) in [7, 11) is -1.34. The van der Waals surface area contributed by atoms with Crippen LogP contribution in [-0.4, -0.2) is 74.9 Å². The van der Waals surface area contributed by atoms with Crippen LogP contribution in [0.1, 0.15) is 34.5 Å². The highest BCUT2D eigenvalue weighted by Gasteiger charge is 2.20. The number of carbonyl (C=O) groups excluding carboxylic acids is 1. The zero-order chi connectivity index (χ0) is 28.5. The van der Waals surface area contributed by atoms with Crippen LogP contribution in [0.2, 0.25) is 0 Å². The number of hydrogen-bond donors (Lipinski definition) is 4. The van der Waals surface area contributed by atoms with Crippen molar-refractivity contribution >= 4 is 16.7 Å². The first-order valence-electron chi connectivity index (χ1n) is 13.2. The van der Waals surface area contributed by atoms with Gasteiger partial charge < -0.3 is 25.6 Å². The van der Waals surface area contributed by atoms with Crippen LogP contribution in [0, 0.1) is 5.82 Å². The molecule has 3 aromatic rings. The van der Waals surface area contributed by atoms with Crippen LogP contribution in [0.5, 0.6) is 11.5 Å². The second-order valence-corrected chi connectivity index (χ2v) is 11.2. The Morgan fingerprint density at radius 1 is 1.20 bits per heavy atom. The number of halogens is 1. The second-order valence-electron chi connectivity index (χ2n) is 9.82. The van der Waals surface area contributed by atoms with Crippen LogP contribution in [0.25, 0.3) is 0 Å². The summed E-state index contributed by atoms with van der Waals surface area (Å²) in [6, 6.07) is 14.7. The van der Waals surface area contributed by atoms with Crippen LogP contribution in [0.4, 0.5) is 4.39 Å². The number of pyridine rings is 1. The average Bonchev–Trinajstić information content (AvgIpc) is 2.96. The Labute approximate surface area is 235 Å². The summed E-state index contributed by atoms with van der Waals surface area (Å²) in [4.78, 5) is 19.4. The van der Waals surface area contributed by atoms with Crippen molar-refractivity contribution in [3.63, 3.8) is 0 Å². The van der Waals surface area contributed by atoms with E-state index in [1.54, 1.807) is 36.5 Å². The number of nitrogens with one attached hydrogen (secondary N) is 2. The summed E-state index contributed by atoms with van der Waals surface area (Å²) in [6.45, 7) is 3.01. The Morgan fingerprint density at radius 2 is 1.98 bits per heavy atom. The van der Waals surface area contributed by atoms with E-state index in [1.807, 2.05) is 6.07 Å². The summed E-state index contributed by atoms with van der Waals surface area (Å²) in [5.41, 5.74) is 1.73. The number of phenolic OH excluding ortho intramolecular Hbond substituents is 1. The van der Waals surface area contributed by atoms with Gasteiger partial charge >= 0.3 is 0 Å². The van der Waals surface area contributed by atoms with E-state index >= 15 is 0 Å². The van der Waals surface area contributed by atoms with E-state index in [-0.39, 0.29) is 36.7 Å². The van der Waals surface area contributed by atoms with Gasteiger partial charge in [-0.1, -0.05) is 18.2 Å². The topological polar surface area (TPSA) is 124 Å². The number of aliphatic hydroxyl groups excluding tert-OH is 1. The summed E-state index contributed by atoms with van der Waals surface area (Å²) >= 11 is 0. The van der Waals surface area contributed by atoms with Crippen molar-refractivity contribution in [2.45, 2.75) is 43.0 Å². The van der Waals surface area contributed by atoms with E-state index < -0.39 is 16.9 Å². The minimum absolute atomic E-state index is 0.0460. The van der Waals surface area contributed by atoms with Crippen molar-refractivity contribution in [3.05, 3.63) is 83.4 Å². The molecular formula is C29H35FN4O5S. The van der Waals surface area contributed by atoms with Crippen LogP contribution in [0.3, 0.4) is 0 Å². The van der Waals surface area contributed by atoms with Crippen molar-refractivity contribution in [1.29, 1.82) is 0 Å². The minimum Gasteiger partial charge on any atom is -0.507 e. The Kier molecular flexibility index (Phi) is 10.6. The molecule has 0 saturated carbocycles. The van der Waals surface area contributed by atoms with Crippen LogP contribution in [0.15, 0.2) is 65.7 Å². The first-order valence-corrected chi connectivity index (χ1v) is 14.7. The molecule has 2 unspecified atom stereocenters. The highest BCUT2D eigenvalue weighted by molar-refractivity contribution is 7.84. The lowest BCUT2D eigenvalue weighted by Crippen LogP contribution is -2.45. The number of carbonyl (C=O) groups is 1. The molecule has 4 N–H and O–H groups in total. The van der Waals surface area contributed by atoms with E-state index in [0.29, 0.717) is 34.9 Å². The van der Waals surface area contributed by atoms with Gasteiger partial charge in [-0.2, -0.15) is 0 Å². The second kappa shape index (κ2) is 14.3. The molecule has 0 radical (unpaired) electrons. The van der Waals surface area contributed by atoms with E-state index in [0.717, 1.165) is 31.6 Å². The summed E-state index contributed by atoms with van der Waals surface area (Å²) in [5, 5.41) is 26.2. The molecule has 11 heteroatoms. The number of benzene rings is 2. The Balaban J connectivity index is 1.14. The van der Waals surface area contributed by atoms with Crippen molar-refractivity contribution in [1.82, 2.24) is 20.5 Å². The average molecular weight is 571 g/mol. The molecule has 1 saturated heterocycles. The number of aromatic hydroxyl groups is 1. The summed E-state index contributed by atoms with van der Waals surface area (Å²) in [5.74, 6) is -0.250. The van der Waals surface area contributed by atoms with Crippen molar-refractivity contribution < 1.29 is 28.3 Å². The number of amides is 1. The van der Waals surface area contributed by atoms with Crippen molar-refractivity contribution in [2.75, 3.05) is 32.5 Å². The smallest absolute Gasteiger partial charge is 0.253 e. The predicted octanol–water partition coefficient (Wildman–Crippen LogP) is 2.59. The molecule has 0 spiro atoms. The fraction of sp³-hybridized carbons (Fsp3) is 0.379. The van der Waals surface area contributed by atoms with Gasteiger partial charge in [-0.05, 0) is 49.2 Å². The largest absolute Gasteiger partial charge is 0.507 e. The van der Waals surface area contributed by atoms with Crippen molar-refractivity contribution in [2.24, 2.45) is 0 Å². The predicted molar refractivity (Wildman–Crippen MR) is 150 cm³/mol. The van der Waals surface area contributed by atoms with Gasteiger partial charge in [0.1, 0.15) is 30.0 Å². The lowest BCUT2D eigenvalue weighted by atomic mass is 10.0. The third-order valence-corrected chi connectivity index (χ3v) is 7.73. The molecule has 1 fully saturated rings. The first kappa shape index (κ1) is 29.6. The number of aromatic nitrogens is 1. The number of likely N-dealkylation sites (tertiary alicyclic amines) is 1. The van der Waals surface area contributed by atoms with Gasteiger partial charge in [-0.25, -0.2) is 4.39 Å². The van der Waals surface area contributed by atoms with Crippen LogP contribution in [-0.2, 0) is 23.9 Å². The third-order valence-electron chi connectivity index (χ3n) is 6.78.